The van der Waals surface area contributed by atoms with Gasteiger partial charge < -0.3 is 29.9 Å². The molecule has 0 amide bonds. The zero-order valence-electron chi connectivity index (χ0n) is 19.4. The Morgan fingerprint density at radius 1 is 1.21 bits per heavy atom. The summed E-state index contributed by atoms with van der Waals surface area (Å²) in [4.78, 5) is 18.2. The lowest BCUT2D eigenvalue weighted by Gasteiger charge is -2.37. The lowest BCUT2D eigenvalue weighted by atomic mass is 9.95. The Labute approximate surface area is 193 Å². The molecule has 3 atom stereocenters. The first-order valence-electron chi connectivity index (χ1n) is 11.2. The van der Waals surface area contributed by atoms with Gasteiger partial charge >= 0.3 is 11.9 Å². The summed E-state index contributed by atoms with van der Waals surface area (Å²) >= 11 is 0. The molecule has 0 radical (unpaired) electrons. The maximum atomic E-state index is 10.9. The highest BCUT2D eigenvalue weighted by molar-refractivity contribution is 6.27. The number of hydrogen-bond donors (Lipinski definition) is 4. The third-order valence-corrected chi connectivity index (χ3v) is 5.83. The number of nitrogens with one attached hydrogen (secondary N) is 1. The second-order valence-corrected chi connectivity index (χ2v) is 8.37. The van der Waals surface area contributed by atoms with E-state index in [1.54, 1.807) is 0 Å². The molecule has 2 aromatic rings. The summed E-state index contributed by atoms with van der Waals surface area (Å²) in [5, 5.41) is 33.2. The molecule has 1 aromatic heterocycles. The van der Waals surface area contributed by atoms with Crippen molar-refractivity contribution in [1.29, 1.82) is 0 Å². The Hall–Kier alpha value is -2.75. The van der Waals surface area contributed by atoms with Gasteiger partial charge in [0.1, 0.15) is 5.76 Å². The number of aryl methyl sites for hydroxylation is 2. The molecular weight excluding hydrogens is 428 g/mol. The van der Waals surface area contributed by atoms with Gasteiger partial charge in [0.05, 0.1) is 11.8 Å². The fraction of sp³-hybridized carbons (Fsp3) is 0.542. The van der Waals surface area contributed by atoms with Crippen molar-refractivity contribution in [3.63, 3.8) is 0 Å². The van der Waals surface area contributed by atoms with Crippen LogP contribution in [0.3, 0.4) is 0 Å². The van der Waals surface area contributed by atoms with Crippen LogP contribution in [0, 0.1) is 13.8 Å². The molecule has 0 spiro atoms. The van der Waals surface area contributed by atoms with Crippen molar-refractivity contribution in [2.24, 2.45) is 0 Å². The Morgan fingerprint density at radius 3 is 2.45 bits per heavy atom. The Morgan fingerprint density at radius 2 is 1.88 bits per heavy atom. The van der Waals surface area contributed by atoms with Crippen molar-refractivity contribution < 1.29 is 34.2 Å². The molecule has 4 N–H and O–H groups in total. The van der Waals surface area contributed by atoms with Gasteiger partial charge in [0, 0.05) is 31.0 Å². The van der Waals surface area contributed by atoms with Crippen LogP contribution in [0.1, 0.15) is 67.7 Å². The topological polar surface area (TPSA) is 142 Å². The summed E-state index contributed by atoms with van der Waals surface area (Å²) in [6.07, 6.45) is 5.16. The van der Waals surface area contributed by atoms with Crippen molar-refractivity contribution in [3.05, 3.63) is 52.9 Å². The smallest absolute Gasteiger partial charge is 0.414 e. The van der Waals surface area contributed by atoms with E-state index in [2.05, 4.69) is 41.7 Å². The van der Waals surface area contributed by atoms with Gasteiger partial charge in [-0.3, -0.25) is 0 Å². The highest BCUT2D eigenvalue weighted by atomic mass is 16.6. The quantitative estimate of drug-likeness (QED) is 0.434. The number of hydrogen-bond acceptors (Lipinski definition) is 7. The molecular formula is C24H34N2O7. The molecule has 3 rings (SSSR count). The summed E-state index contributed by atoms with van der Waals surface area (Å²) in [5.74, 6) is -3.78. The van der Waals surface area contributed by atoms with E-state index in [1.807, 2.05) is 19.9 Å². The van der Waals surface area contributed by atoms with E-state index in [4.69, 9.17) is 29.1 Å². The number of nitrogens with zero attached hydrogens (tertiary/aromatic N) is 1. The number of aromatic nitrogens is 1. The van der Waals surface area contributed by atoms with E-state index in [-0.39, 0.29) is 12.1 Å². The molecule has 1 aromatic carbocycles. The second-order valence-electron chi connectivity index (χ2n) is 8.37. The number of carboxylic acid groups (broad SMARTS) is 2. The summed E-state index contributed by atoms with van der Waals surface area (Å²) in [7, 11) is 0. The molecule has 2 heterocycles. The van der Waals surface area contributed by atoms with Gasteiger partial charge in [-0.05, 0) is 52.0 Å². The standard InChI is InChI=1S/C22H32N2O3.C2H2O4/c1-16(19-8-5-4-6-9-19)23-15-14-22(25)13-7-10-20(26-22)11-12-21-17(2)24-27-18(21)3;3-1(4)2(5)6/h4-6,8-9,16,20,23,25H,7,10-15H2,1-3H3;(H,3,4)(H,5,6). The van der Waals surface area contributed by atoms with E-state index in [0.717, 1.165) is 43.7 Å². The fourth-order valence-corrected chi connectivity index (χ4v) is 3.93. The maximum Gasteiger partial charge on any atom is 0.414 e. The van der Waals surface area contributed by atoms with Gasteiger partial charge in [-0.15, -0.1) is 0 Å². The van der Waals surface area contributed by atoms with E-state index in [0.29, 0.717) is 12.8 Å². The van der Waals surface area contributed by atoms with Crippen LogP contribution in [0.15, 0.2) is 34.9 Å². The summed E-state index contributed by atoms with van der Waals surface area (Å²) < 4.78 is 11.3. The normalized spacial score (nSPS) is 21.0. The minimum absolute atomic E-state index is 0.0870. The molecule has 33 heavy (non-hydrogen) atoms. The molecule has 1 aliphatic rings. The van der Waals surface area contributed by atoms with Crippen LogP contribution in [-0.2, 0) is 20.7 Å². The van der Waals surface area contributed by atoms with Crippen molar-refractivity contribution >= 4 is 11.9 Å². The summed E-state index contributed by atoms with van der Waals surface area (Å²) in [5.41, 5.74) is 3.38. The predicted octanol–water partition coefficient (Wildman–Crippen LogP) is 3.38. The maximum absolute atomic E-state index is 10.9. The monoisotopic (exact) mass is 462 g/mol. The van der Waals surface area contributed by atoms with E-state index < -0.39 is 17.7 Å². The number of ether oxygens (including phenoxy) is 1. The summed E-state index contributed by atoms with van der Waals surface area (Å²) in [6, 6.07) is 10.6. The van der Waals surface area contributed by atoms with Gasteiger partial charge in [-0.1, -0.05) is 35.5 Å². The predicted molar refractivity (Wildman–Crippen MR) is 121 cm³/mol. The first-order valence-corrected chi connectivity index (χ1v) is 11.2. The average Bonchev–Trinajstić information content (AvgIpc) is 3.10. The lowest BCUT2D eigenvalue weighted by molar-refractivity contribution is -0.256. The van der Waals surface area contributed by atoms with Gasteiger partial charge in [0.2, 0.25) is 0 Å². The van der Waals surface area contributed by atoms with Crippen LogP contribution in [0.2, 0.25) is 0 Å². The van der Waals surface area contributed by atoms with E-state index in [1.165, 1.54) is 11.1 Å². The van der Waals surface area contributed by atoms with Crippen molar-refractivity contribution in [2.75, 3.05) is 6.54 Å². The number of carbonyl (C=O) groups is 2. The molecule has 0 saturated carbocycles. The molecule has 1 aliphatic heterocycles. The van der Waals surface area contributed by atoms with Gasteiger partial charge in [-0.2, -0.15) is 0 Å². The number of carboxylic acids is 2. The number of aliphatic hydroxyl groups is 1. The van der Waals surface area contributed by atoms with Crippen LogP contribution in [0.5, 0.6) is 0 Å². The van der Waals surface area contributed by atoms with Crippen LogP contribution < -0.4 is 5.32 Å². The van der Waals surface area contributed by atoms with Crippen molar-refractivity contribution in [2.45, 2.75) is 77.2 Å². The van der Waals surface area contributed by atoms with Crippen LogP contribution >= 0.6 is 0 Å². The molecule has 1 fully saturated rings. The van der Waals surface area contributed by atoms with Crippen LogP contribution in [-0.4, -0.2) is 50.9 Å². The highest BCUT2D eigenvalue weighted by Crippen LogP contribution is 2.31. The first kappa shape index (κ1) is 26.5. The van der Waals surface area contributed by atoms with Crippen LogP contribution in [0.4, 0.5) is 0 Å². The zero-order valence-corrected chi connectivity index (χ0v) is 19.4. The molecule has 0 bridgehead atoms. The lowest BCUT2D eigenvalue weighted by Crippen LogP contribution is -2.43. The molecule has 9 heteroatoms. The molecule has 1 saturated heterocycles. The second kappa shape index (κ2) is 12.5. The average molecular weight is 463 g/mol. The fourth-order valence-electron chi connectivity index (χ4n) is 3.93. The number of aliphatic carboxylic acids is 2. The molecule has 0 aliphatic carbocycles. The van der Waals surface area contributed by atoms with Gasteiger partial charge in [0.15, 0.2) is 5.79 Å². The Bertz CT molecular complexity index is 868. The molecule has 182 valence electrons. The van der Waals surface area contributed by atoms with E-state index >= 15 is 0 Å². The molecule has 3 unspecified atom stereocenters. The third-order valence-electron chi connectivity index (χ3n) is 5.83. The highest BCUT2D eigenvalue weighted by Gasteiger charge is 2.34. The minimum atomic E-state index is -1.82. The number of benzene rings is 1. The summed E-state index contributed by atoms with van der Waals surface area (Å²) in [6.45, 7) is 6.80. The third kappa shape index (κ3) is 8.60. The zero-order chi connectivity index (χ0) is 24.4. The SMILES string of the molecule is Cc1noc(C)c1CCC1CCCC(O)(CCNC(C)c2ccccc2)O1.O=C(O)C(=O)O. The minimum Gasteiger partial charge on any atom is -0.473 e. The van der Waals surface area contributed by atoms with Gasteiger partial charge in [0.25, 0.3) is 0 Å². The first-order chi connectivity index (χ1) is 15.6. The molecule has 9 nitrogen and oxygen atoms in total. The Balaban J connectivity index is 0.000000569. The van der Waals surface area contributed by atoms with Crippen molar-refractivity contribution in [3.8, 4) is 0 Å². The Kier molecular flexibility index (Phi) is 10.0. The van der Waals surface area contributed by atoms with E-state index in [9.17, 15) is 5.11 Å². The number of rotatable bonds is 8. The largest absolute Gasteiger partial charge is 0.473 e. The van der Waals surface area contributed by atoms with Crippen LogP contribution in [0.25, 0.3) is 0 Å². The van der Waals surface area contributed by atoms with Crippen molar-refractivity contribution in [1.82, 2.24) is 10.5 Å². The van der Waals surface area contributed by atoms with Gasteiger partial charge in [-0.25, -0.2) is 9.59 Å².